The molecule has 6 aromatic carbocycles. The molecule has 4 aromatic heterocycles. The van der Waals surface area contributed by atoms with E-state index in [4.69, 9.17) is 20.7 Å². The van der Waals surface area contributed by atoms with Crippen LogP contribution in [0.15, 0.2) is 199 Å². The minimum Gasteiger partial charge on any atom is -0.455 e. The number of hydrogen-bond donors (Lipinski definition) is 0. The predicted molar refractivity (Wildman–Crippen MR) is 278 cm³/mol. The number of nitrogens with zero attached hydrogens (tertiary/aromatic N) is 3. The summed E-state index contributed by atoms with van der Waals surface area (Å²) in [6, 6.07) is 57.6. The van der Waals surface area contributed by atoms with Crippen molar-refractivity contribution in [2.24, 2.45) is 0 Å². The molecule has 0 amide bonds. The Morgan fingerprint density at radius 2 is 0.853 bits per heavy atom. The van der Waals surface area contributed by atoms with Crippen LogP contribution in [-0.4, -0.2) is 15.0 Å². The second kappa shape index (κ2) is 18.0. The molecule has 10 aromatic rings. The van der Waals surface area contributed by atoms with Gasteiger partial charge in [-0.25, -0.2) is 4.39 Å². The lowest BCUT2D eigenvalue weighted by Crippen LogP contribution is -2.24. The molecule has 0 unspecified atom stereocenters. The third-order valence-corrected chi connectivity index (χ3v) is 13.7. The SMILES string of the molecule is [2H]c1cc2c(oc3c(-c4ccc(C(C)(C)Cc5cc(CC(C)(C)c6ccc(-c7ccccc7)nc6)cc(CC(C)(C)c6ccc(-c7ccccc7)nc6)c5)cn4)cccc32)c(-c2ccccc2)c1F. The largest absolute Gasteiger partial charge is 0.455 e. The number of para-hydroxylation sites is 1. The van der Waals surface area contributed by atoms with Gasteiger partial charge in [0.2, 0.25) is 0 Å². The van der Waals surface area contributed by atoms with E-state index in [2.05, 4.69) is 145 Å². The van der Waals surface area contributed by atoms with E-state index in [1.807, 2.05) is 79.3 Å². The fraction of sp³-hybridized carbons (Fsp3) is 0.190. The summed E-state index contributed by atoms with van der Waals surface area (Å²) in [5, 5.41) is 1.53. The molecule has 0 aliphatic carbocycles. The monoisotopic (exact) mass is 890 g/mol. The number of hydrogen-bond acceptors (Lipinski definition) is 4. The molecular formula is C63H56FN3O. The summed E-state index contributed by atoms with van der Waals surface area (Å²) in [6.45, 7) is 13.9. The fourth-order valence-electron chi connectivity index (χ4n) is 9.92. The molecule has 4 nitrogen and oxygen atoms in total. The van der Waals surface area contributed by atoms with E-state index in [1.54, 1.807) is 6.07 Å². The molecule has 336 valence electrons. The summed E-state index contributed by atoms with van der Waals surface area (Å²) in [7, 11) is 0. The molecule has 0 bridgehead atoms. The molecule has 0 atom stereocenters. The Kier molecular flexibility index (Phi) is 11.4. The van der Waals surface area contributed by atoms with Gasteiger partial charge in [0.25, 0.3) is 0 Å². The lowest BCUT2D eigenvalue weighted by Gasteiger charge is -2.30. The number of benzene rings is 6. The van der Waals surface area contributed by atoms with E-state index < -0.39 is 5.82 Å². The third-order valence-electron chi connectivity index (χ3n) is 13.7. The maximum Gasteiger partial charge on any atom is 0.146 e. The van der Waals surface area contributed by atoms with Gasteiger partial charge in [-0.1, -0.05) is 181 Å². The first kappa shape index (κ1) is 43.1. The average molecular weight is 891 g/mol. The van der Waals surface area contributed by atoms with E-state index in [-0.39, 0.29) is 22.3 Å². The fourth-order valence-corrected chi connectivity index (χ4v) is 9.92. The van der Waals surface area contributed by atoms with Gasteiger partial charge in [-0.3, -0.25) is 15.0 Å². The Hall–Kier alpha value is -7.50. The summed E-state index contributed by atoms with van der Waals surface area (Å²) in [6.07, 6.45) is 8.58. The van der Waals surface area contributed by atoms with E-state index >= 15 is 4.39 Å². The van der Waals surface area contributed by atoms with E-state index in [0.717, 1.165) is 64.0 Å². The highest BCUT2D eigenvalue weighted by atomic mass is 19.1. The first-order valence-electron chi connectivity index (χ1n) is 24.0. The zero-order chi connectivity index (χ0) is 47.9. The van der Waals surface area contributed by atoms with Crippen molar-refractivity contribution in [3.8, 4) is 44.9 Å². The highest BCUT2D eigenvalue weighted by molar-refractivity contribution is 6.12. The van der Waals surface area contributed by atoms with Gasteiger partial charge in [0.1, 0.15) is 17.0 Å². The van der Waals surface area contributed by atoms with Gasteiger partial charge >= 0.3 is 0 Å². The Balaban J connectivity index is 0.959. The second-order valence-electron chi connectivity index (χ2n) is 20.2. The standard InChI is InChI=1S/C63H56FN3O/c1-61(2,48-25-30-55(65-39-48)45-17-10-7-11-18-45)36-42-33-43(37-62(3,4)49-26-31-56(66-40-49)46-19-12-8-13-20-46)35-44(34-42)38-63(5,6)50-27-32-57(67-41-50)53-24-16-23-51-52-28-29-54(64)58(60(52)68-59(51)53)47-21-14-9-15-22-47/h7-35,39-41H,36-38H2,1-6H3/i29D. The van der Waals surface area contributed by atoms with Gasteiger partial charge in [0, 0.05) is 46.1 Å². The van der Waals surface area contributed by atoms with Gasteiger partial charge in [0.05, 0.1) is 24.0 Å². The van der Waals surface area contributed by atoms with E-state index in [0.29, 0.717) is 27.7 Å². The Morgan fingerprint density at radius 1 is 0.441 bits per heavy atom. The molecule has 0 N–H and O–H groups in total. The van der Waals surface area contributed by atoms with Crippen molar-refractivity contribution < 1.29 is 10.2 Å². The van der Waals surface area contributed by atoms with Gasteiger partial charge in [-0.2, -0.15) is 0 Å². The molecule has 0 aliphatic heterocycles. The highest BCUT2D eigenvalue weighted by Crippen LogP contribution is 2.41. The van der Waals surface area contributed by atoms with Crippen LogP contribution < -0.4 is 0 Å². The normalized spacial score (nSPS) is 12.4. The molecule has 4 heterocycles. The van der Waals surface area contributed by atoms with Gasteiger partial charge in [-0.15, -0.1) is 0 Å². The van der Waals surface area contributed by atoms with Crippen LogP contribution in [0.5, 0.6) is 0 Å². The van der Waals surface area contributed by atoms with Gasteiger partial charge in [0.15, 0.2) is 0 Å². The van der Waals surface area contributed by atoms with Crippen LogP contribution in [-0.2, 0) is 35.5 Å². The summed E-state index contributed by atoms with van der Waals surface area (Å²) < 4.78 is 30.7. The molecule has 0 spiro atoms. The first-order chi connectivity index (χ1) is 33.2. The molecule has 5 heteroatoms. The molecule has 0 aliphatic rings. The highest BCUT2D eigenvalue weighted by Gasteiger charge is 2.28. The minimum atomic E-state index is -0.596. The maximum atomic E-state index is 15.7. The Bertz CT molecular complexity index is 3300. The van der Waals surface area contributed by atoms with Crippen molar-refractivity contribution in [2.45, 2.75) is 77.0 Å². The zero-order valence-electron chi connectivity index (χ0n) is 40.6. The molecule has 0 saturated heterocycles. The number of aromatic nitrogens is 3. The summed E-state index contributed by atoms with van der Waals surface area (Å²) in [5.74, 6) is -0.596. The third kappa shape index (κ3) is 9.01. The number of furan rings is 1. The predicted octanol–water partition coefficient (Wildman–Crippen LogP) is 16.1. The number of halogens is 1. The van der Waals surface area contributed by atoms with Crippen molar-refractivity contribution in [1.82, 2.24) is 15.0 Å². The van der Waals surface area contributed by atoms with Crippen LogP contribution in [0.3, 0.4) is 0 Å². The number of fused-ring (bicyclic) bond motifs is 3. The molecule has 0 saturated carbocycles. The molecule has 0 fully saturated rings. The quantitative estimate of drug-likeness (QED) is 0.116. The minimum absolute atomic E-state index is 0.165. The van der Waals surface area contributed by atoms with Crippen molar-refractivity contribution in [1.29, 1.82) is 0 Å². The molecule has 0 radical (unpaired) electrons. The van der Waals surface area contributed by atoms with Crippen LogP contribution in [0, 0.1) is 5.82 Å². The molecule has 10 rings (SSSR count). The molecular weight excluding hydrogens is 834 g/mol. The Morgan fingerprint density at radius 3 is 1.28 bits per heavy atom. The van der Waals surface area contributed by atoms with Crippen LogP contribution in [0.1, 0.15) is 76.3 Å². The number of pyridine rings is 3. The van der Waals surface area contributed by atoms with Gasteiger partial charge < -0.3 is 4.42 Å². The zero-order valence-corrected chi connectivity index (χ0v) is 39.6. The van der Waals surface area contributed by atoms with E-state index in [1.165, 1.54) is 27.8 Å². The molecule has 68 heavy (non-hydrogen) atoms. The van der Waals surface area contributed by atoms with Crippen molar-refractivity contribution in [3.63, 3.8) is 0 Å². The van der Waals surface area contributed by atoms with Gasteiger partial charge in [-0.05, 0) is 111 Å². The summed E-state index contributed by atoms with van der Waals surface area (Å²) in [4.78, 5) is 14.9. The smallest absolute Gasteiger partial charge is 0.146 e. The van der Waals surface area contributed by atoms with Crippen molar-refractivity contribution in [3.05, 3.63) is 234 Å². The van der Waals surface area contributed by atoms with Crippen LogP contribution in [0.25, 0.3) is 66.8 Å². The van der Waals surface area contributed by atoms with Crippen LogP contribution >= 0.6 is 0 Å². The summed E-state index contributed by atoms with van der Waals surface area (Å²) >= 11 is 0. The number of rotatable bonds is 13. The average Bonchev–Trinajstić information content (AvgIpc) is 3.72. The topological polar surface area (TPSA) is 51.8 Å². The van der Waals surface area contributed by atoms with Crippen molar-refractivity contribution >= 4 is 21.9 Å². The lowest BCUT2D eigenvalue weighted by atomic mass is 9.75. The summed E-state index contributed by atoms with van der Waals surface area (Å²) in [5.41, 5.74) is 14.5. The first-order valence-corrected chi connectivity index (χ1v) is 23.5. The maximum absolute atomic E-state index is 15.7. The second-order valence-corrected chi connectivity index (χ2v) is 20.2. The van der Waals surface area contributed by atoms with Crippen LogP contribution in [0.2, 0.25) is 0 Å². The Labute approximate surface area is 401 Å². The van der Waals surface area contributed by atoms with Crippen LogP contribution in [0.4, 0.5) is 4.39 Å². The lowest BCUT2D eigenvalue weighted by molar-refractivity contribution is 0.505. The van der Waals surface area contributed by atoms with Crippen molar-refractivity contribution in [2.75, 3.05) is 0 Å². The van der Waals surface area contributed by atoms with E-state index in [9.17, 15) is 0 Å².